The van der Waals surface area contributed by atoms with E-state index in [9.17, 15) is 8.42 Å². The first-order valence-electron chi connectivity index (χ1n) is 6.92. The summed E-state index contributed by atoms with van der Waals surface area (Å²) in [4.78, 5) is 0. The first-order valence-corrected chi connectivity index (χ1v) is 8.31. The van der Waals surface area contributed by atoms with Crippen molar-refractivity contribution in [2.24, 2.45) is 17.6 Å². The summed E-state index contributed by atoms with van der Waals surface area (Å²) in [5.74, 6) is 0.954. The molecule has 2 unspecified atom stereocenters. The molecule has 2 rings (SSSR count). The van der Waals surface area contributed by atoms with Crippen molar-refractivity contribution in [1.82, 2.24) is 8.61 Å². The molecule has 2 heterocycles. The van der Waals surface area contributed by atoms with Crippen LogP contribution in [0.2, 0.25) is 0 Å². The van der Waals surface area contributed by atoms with E-state index in [2.05, 4.69) is 6.92 Å². The van der Waals surface area contributed by atoms with Crippen LogP contribution in [-0.4, -0.2) is 49.2 Å². The highest BCUT2D eigenvalue weighted by atomic mass is 32.2. The quantitative estimate of drug-likeness (QED) is 0.821. The molecule has 2 saturated heterocycles. The minimum atomic E-state index is -3.24. The van der Waals surface area contributed by atoms with Gasteiger partial charge in [0.15, 0.2) is 0 Å². The second-order valence-corrected chi connectivity index (χ2v) is 7.78. The molecule has 0 aromatic rings. The Morgan fingerprint density at radius 2 is 1.67 bits per heavy atom. The normalized spacial score (nSPS) is 30.7. The summed E-state index contributed by atoms with van der Waals surface area (Å²) in [6.45, 7) is 6.70. The van der Waals surface area contributed by atoms with Gasteiger partial charge in [0.25, 0.3) is 10.2 Å². The fourth-order valence-corrected chi connectivity index (χ4v) is 4.49. The van der Waals surface area contributed by atoms with E-state index < -0.39 is 10.2 Å². The molecule has 0 aromatic carbocycles. The van der Waals surface area contributed by atoms with E-state index in [1.807, 2.05) is 6.92 Å². The van der Waals surface area contributed by atoms with Crippen LogP contribution in [0.1, 0.15) is 33.1 Å². The second kappa shape index (κ2) is 5.45. The van der Waals surface area contributed by atoms with Crippen LogP contribution >= 0.6 is 0 Å². The van der Waals surface area contributed by atoms with E-state index in [1.54, 1.807) is 8.61 Å². The Bertz CT molecular complexity index is 375. The molecular weight excluding hydrogens is 250 g/mol. The third kappa shape index (κ3) is 2.87. The maximum Gasteiger partial charge on any atom is 0.281 e. The molecule has 2 N–H and O–H groups in total. The molecule has 2 aliphatic heterocycles. The van der Waals surface area contributed by atoms with Gasteiger partial charge in [0.05, 0.1) is 0 Å². The Morgan fingerprint density at radius 1 is 1.11 bits per heavy atom. The minimum absolute atomic E-state index is 0.0755. The molecular formula is C12H25N3O2S. The molecule has 6 heteroatoms. The average Bonchev–Trinajstić information content (AvgIpc) is 2.79. The van der Waals surface area contributed by atoms with E-state index in [-0.39, 0.29) is 6.04 Å². The molecule has 0 aromatic heterocycles. The van der Waals surface area contributed by atoms with Crippen molar-refractivity contribution in [3.8, 4) is 0 Å². The lowest BCUT2D eigenvalue weighted by molar-refractivity contribution is 0.269. The van der Waals surface area contributed by atoms with Crippen molar-refractivity contribution in [3.63, 3.8) is 0 Å². The summed E-state index contributed by atoms with van der Waals surface area (Å²) in [6.07, 6.45) is 2.84. The predicted molar refractivity (Wildman–Crippen MR) is 72.2 cm³/mol. The fourth-order valence-electron chi connectivity index (χ4n) is 2.77. The van der Waals surface area contributed by atoms with Gasteiger partial charge in [-0.1, -0.05) is 6.92 Å². The van der Waals surface area contributed by atoms with Crippen LogP contribution in [-0.2, 0) is 10.2 Å². The smallest absolute Gasteiger partial charge is 0.281 e. The third-order valence-electron chi connectivity index (χ3n) is 4.33. The van der Waals surface area contributed by atoms with Crippen LogP contribution in [0.5, 0.6) is 0 Å². The Hall–Kier alpha value is -0.170. The van der Waals surface area contributed by atoms with Crippen molar-refractivity contribution < 1.29 is 8.42 Å². The fraction of sp³-hybridized carbons (Fsp3) is 1.00. The maximum absolute atomic E-state index is 12.5. The van der Waals surface area contributed by atoms with Crippen LogP contribution in [0.25, 0.3) is 0 Å². The van der Waals surface area contributed by atoms with Gasteiger partial charge >= 0.3 is 0 Å². The Balaban J connectivity index is 1.99. The van der Waals surface area contributed by atoms with Gasteiger partial charge in [0.2, 0.25) is 0 Å². The molecule has 2 aliphatic rings. The van der Waals surface area contributed by atoms with Crippen molar-refractivity contribution in [2.75, 3.05) is 26.2 Å². The highest BCUT2D eigenvalue weighted by molar-refractivity contribution is 7.86. The van der Waals surface area contributed by atoms with Crippen molar-refractivity contribution in [2.45, 2.75) is 39.2 Å². The standard InChI is InChI=1S/C12H25N3O2S/c1-10-3-6-14(7-4-10)18(16,17)15-8-5-12(9-15)11(2)13/h10-12H,3-9,13H2,1-2H3. The summed E-state index contributed by atoms with van der Waals surface area (Å²) < 4.78 is 28.2. The van der Waals surface area contributed by atoms with Crippen molar-refractivity contribution in [3.05, 3.63) is 0 Å². The monoisotopic (exact) mass is 275 g/mol. The van der Waals surface area contributed by atoms with Gasteiger partial charge in [-0.2, -0.15) is 17.0 Å². The van der Waals surface area contributed by atoms with Gasteiger partial charge in [0.1, 0.15) is 0 Å². The Morgan fingerprint density at radius 3 is 2.17 bits per heavy atom. The molecule has 5 nitrogen and oxygen atoms in total. The van der Waals surface area contributed by atoms with Gasteiger partial charge in [-0.25, -0.2) is 0 Å². The average molecular weight is 275 g/mol. The summed E-state index contributed by atoms with van der Waals surface area (Å²) in [5, 5.41) is 0. The minimum Gasteiger partial charge on any atom is -0.328 e. The zero-order valence-electron chi connectivity index (χ0n) is 11.4. The number of hydrogen-bond donors (Lipinski definition) is 1. The first-order chi connectivity index (χ1) is 8.41. The third-order valence-corrected chi connectivity index (χ3v) is 6.33. The predicted octanol–water partition coefficient (Wildman–Crippen LogP) is 0.632. The molecule has 2 atom stereocenters. The largest absolute Gasteiger partial charge is 0.328 e. The highest BCUT2D eigenvalue weighted by Crippen LogP contribution is 2.26. The number of hydrogen-bond acceptors (Lipinski definition) is 3. The lowest BCUT2D eigenvalue weighted by atomic mass is 10.0. The Labute approximate surface area is 110 Å². The SMILES string of the molecule is CC1CCN(S(=O)(=O)N2CCC(C(C)N)C2)CC1. The summed E-state index contributed by atoms with van der Waals surface area (Å²) in [6, 6.07) is 0.0755. The van der Waals surface area contributed by atoms with Crippen LogP contribution < -0.4 is 5.73 Å². The zero-order valence-corrected chi connectivity index (χ0v) is 12.2. The Kier molecular flexibility index (Phi) is 4.31. The maximum atomic E-state index is 12.5. The number of piperidine rings is 1. The molecule has 2 fully saturated rings. The van der Waals surface area contributed by atoms with Gasteiger partial charge in [-0.15, -0.1) is 0 Å². The van der Waals surface area contributed by atoms with E-state index in [0.29, 0.717) is 38.0 Å². The summed E-state index contributed by atoms with van der Waals surface area (Å²) in [7, 11) is -3.24. The molecule has 0 bridgehead atoms. The van der Waals surface area contributed by atoms with Gasteiger partial charge in [-0.3, -0.25) is 0 Å². The molecule has 0 amide bonds. The zero-order chi connectivity index (χ0) is 13.3. The number of rotatable bonds is 3. The molecule has 0 radical (unpaired) electrons. The van der Waals surface area contributed by atoms with E-state index in [0.717, 1.165) is 19.3 Å². The van der Waals surface area contributed by atoms with E-state index in [4.69, 9.17) is 5.73 Å². The van der Waals surface area contributed by atoms with Crippen LogP contribution in [0.15, 0.2) is 0 Å². The van der Waals surface area contributed by atoms with E-state index in [1.165, 1.54) is 0 Å². The second-order valence-electron chi connectivity index (χ2n) is 5.86. The molecule has 0 spiro atoms. The molecule has 106 valence electrons. The van der Waals surface area contributed by atoms with Gasteiger partial charge < -0.3 is 5.73 Å². The first kappa shape index (κ1) is 14.2. The van der Waals surface area contributed by atoms with Crippen LogP contribution in [0.4, 0.5) is 0 Å². The topological polar surface area (TPSA) is 66.6 Å². The van der Waals surface area contributed by atoms with Crippen LogP contribution in [0.3, 0.4) is 0 Å². The van der Waals surface area contributed by atoms with Crippen molar-refractivity contribution >= 4 is 10.2 Å². The lowest BCUT2D eigenvalue weighted by Gasteiger charge is -2.32. The van der Waals surface area contributed by atoms with Gasteiger partial charge in [0, 0.05) is 32.2 Å². The van der Waals surface area contributed by atoms with Crippen LogP contribution in [0, 0.1) is 11.8 Å². The molecule has 0 saturated carbocycles. The summed E-state index contributed by atoms with van der Waals surface area (Å²) >= 11 is 0. The molecule has 0 aliphatic carbocycles. The highest BCUT2D eigenvalue weighted by Gasteiger charge is 2.37. The lowest BCUT2D eigenvalue weighted by Crippen LogP contribution is -2.46. The number of nitrogens with zero attached hydrogens (tertiary/aromatic N) is 2. The molecule has 18 heavy (non-hydrogen) atoms. The summed E-state index contributed by atoms with van der Waals surface area (Å²) in [5.41, 5.74) is 5.86. The number of nitrogens with two attached hydrogens (primary N) is 1. The van der Waals surface area contributed by atoms with E-state index >= 15 is 0 Å². The van der Waals surface area contributed by atoms with Gasteiger partial charge in [-0.05, 0) is 38.0 Å². The van der Waals surface area contributed by atoms with Crippen molar-refractivity contribution in [1.29, 1.82) is 0 Å².